The maximum Gasteiger partial charge on any atom is 0.419 e. The highest BCUT2D eigenvalue weighted by Gasteiger charge is 2.34. The number of nitrogens with zero attached hydrogens (tertiary/aromatic N) is 3. The van der Waals surface area contributed by atoms with Crippen LogP contribution in [-0.2, 0) is 12.7 Å². The van der Waals surface area contributed by atoms with E-state index in [-0.39, 0.29) is 12.1 Å². The molecule has 0 aliphatic rings. The summed E-state index contributed by atoms with van der Waals surface area (Å²) in [7, 11) is 1.54. The van der Waals surface area contributed by atoms with Gasteiger partial charge in [0.1, 0.15) is 23.0 Å². The van der Waals surface area contributed by atoms with Crippen LogP contribution in [0, 0.1) is 5.82 Å². The molecule has 0 aliphatic carbocycles. The second kappa shape index (κ2) is 8.37. The largest absolute Gasteiger partial charge is 0.419 e. The number of pyridine rings is 1. The number of carbonyl (C=O) groups excluding carboxylic acids is 1. The van der Waals surface area contributed by atoms with Crippen LogP contribution in [0.1, 0.15) is 21.5 Å². The summed E-state index contributed by atoms with van der Waals surface area (Å²) in [5, 5.41) is 6.53. The molecule has 3 aromatic rings. The first-order valence-corrected chi connectivity index (χ1v) is 8.01. The Kier molecular flexibility index (Phi) is 6.43. The minimum atomic E-state index is -4.63. The van der Waals surface area contributed by atoms with Gasteiger partial charge in [0.05, 0.1) is 5.56 Å². The monoisotopic (exact) mass is 432 g/mol. The number of carbonyl (C=O) groups is 1. The Labute approximate surface area is 154 Å². The molecule has 0 radical (unpaired) electrons. The Hall–Kier alpha value is -2.33. The van der Waals surface area contributed by atoms with Gasteiger partial charge in [0.25, 0.3) is 0 Å². The maximum absolute atomic E-state index is 13.2. The van der Waals surface area contributed by atoms with Crippen molar-refractivity contribution in [1.82, 2.24) is 19.9 Å². The molecule has 2 heterocycles. The average molecular weight is 433 g/mol. The molecule has 5 nitrogen and oxygen atoms in total. The van der Waals surface area contributed by atoms with Gasteiger partial charge in [0.2, 0.25) is 0 Å². The molecule has 1 N–H and O–H groups in total. The van der Waals surface area contributed by atoms with E-state index in [0.29, 0.717) is 11.2 Å². The van der Waals surface area contributed by atoms with E-state index in [0.717, 1.165) is 17.0 Å². The van der Waals surface area contributed by atoms with E-state index in [1.807, 2.05) is 0 Å². The number of hydrogen-bond acceptors (Lipinski definition) is 4. The molecule has 0 amide bonds. The lowest BCUT2D eigenvalue weighted by atomic mass is 10.1. The third-order valence-corrected chi connectivity index (χ3v) is 3.81. The summed E-state index contributed by atoms with van der Waals surface area (Å²) >= 11 is 3.27. The molecule has 138 valence electrons. The Bertz CT molecular complexity index is 911. The molecule has 0 fully saturated rings. The summed E-state index contributed by atoms with van der Waals surface area (Å²) in [5.41, 5.74) is 0.0430. The van der Waals surface area contributed by atoms with Crippen LogP contribution < -0.4 is 5.32 Å². The Balaban J connectivity index is 0.000000189. The zero-order valence-electron chi connectivity index (χ0n) is 13.4. The third-order valence-electron chi connectivity index (χ3n) is 3.25. The molecule has 3 rings (SSSR count). The van der Waals surface area contributed by atoms with E-state index < -0.39 is 17.6 Å². The van der Waals surface area contributed by atoms with Gasteiger partial charge in [0.15, 0.2) is 5.65 Å². The SMILES string of the molecule is CNCc1cccc(C(F)(F)F)c1F.O=Cc1cc(Br)n2ncnc2c1. The summed E-state index contributed by atoms with van der Waals surface area (Å²) in [5.74, 6) is -1.20. The predicted molar refractivity (Wildman–Crippen MR) is 90.2 cm³/mol. The minimum absolute atomic E-state index is 0.0160. The molecule has 0 spiro atoms. The van der Waals surface area contributed by atoms with Crippen molar-refractivity contribution in [3.63, 3.8) is 0 Å². The lowest BCUT2D eigenvalue weighted by Crippen LogP contribution is -2.13. The summed E-state index contributed by atoms with van der Waals surface area (Å²) in [6.45, 7) is 0.0791. The number of aromatic nitrogens is 3. The van der Waals surface area contributed by atoms with Crippen LogP contribution in [0.2, 0.25) is 0 Å². The summed E-state index contributed by atoms with van der Waals surface area (Å²) < 4.78 is 52.1. The molecule has 0 aliphatic heterocycles. The molecular weight excluding hydrogens is 420 g/mol. The fraction of sp³-hybridized carbons (Fsp3) is 0.188. The van der Waals surface area contributed by atoms with E-state index in [1.54, 1.807) is 23.7 Å². The van der Waals surface area contributed by atoms with Gasteiger partial charge < -0.3 is 5.32 Å². The molecule has 26 heavy (non-hydrogen) atoms. The molecule has 0 unspecified atom stereocenters. The molecule has 1 aromatic carbocycles. The first-order valence-electron chi connectivity index (χ1n) is 7.21. The van der Waals surface area contributed by atoms with Crippen LogP contribution in [0.15, 0.2) is 41.3 Å². The molecular formula is C16H13BrF4N4O. The van der Waals surface area contributed by atoms with Crippen LogP contribution in [-0.4, -0.2) is 27.9 Å². The van der Waals surface area contributed by atoms with Gasteiger partial charge in [-0.2, -0.15) is 18.3 Å². The molecule has 10 heteroatoms. The van der Waals surface area contributed by atoms with Crippen LogP contribution in [0.5, 0.6) is 0 Å². The van der Waals surface area contributed by atoms with Crippen molar-refractivity contribution in [1.29, 1.82) is 0 Å². The van der Waals surface area contributed by atoms with E-state index in [9.17, 15) is 22.4 Å². The van der Waals surface area contributed by atoms with Crippen molar-refractivity contribution in [2.45, 2.75) is 12.7 Å². The zero-order valence-corrected chi connectivity index (χ0v) is 15.0. The highest BCUT2D eigenvalue weighted by molar-refractivity contribution is 9.10. The van der Waals surface area contributed by atoms with Crippen molar-refractivity contribution >= 4 is 27.9 Å². The first kappa shape index (κ1) is 20.0. The van der Waals surface area contributed by atoms with Gasteiger partial charge in [-0.05, 0) is 41.2 Å². The average Bonchev–Trinajstić information content (AvgIpc) is 3.05. The third kappa shape index (κ3) is 4.64. The first-order chi connectivity index (χ1) is 12.3. The molecule has 0 bridgehead atoms. The molecule has 0 saturated heterocycles. The topological polar surface area (TPSA) is 59.3 Å². The van der Waals surface area contributed by atoms with Crippen molar-refractivity contribution in [3.05, 3.63) is 63.8 Å². The normalized spacial score (nSPS) is 11.2. The number of aldehydes is 1. The molecule has 0 atom stereocenters. The van der Waals surface area contributed by atoms with E-state index in [1.165, 1.54) is 18.5 Å². The summed E-state index contributed by atoms with van der Waals surface area (Å²) in [6, 6.07) is 6.60. The number of fused-ring (bicyclic) bond motifs is 1. The van der Waals surface area contributed by atoms with E-state index >= 15 is 0 Å². The van der Waals surface area contributed by atoms with Crippen LogP contribution in [0.4, 0.5) is 17.6 Å². The highest BCUT2D eigenvalue weighted by atomic mass is 79.9. The number of halogens is 5. The summed E-state index contributed by atoms with van der Waals surface area (Å²) in [6.07, 6.45) is -2.41. The summed E-state index contributed by atoms with van der Waals surface area (Å²) in [4.78, 5) is 14.4. The van der Waals surface area contributed by atoms with Crippen LogP contribution >= 0.6 is 15.9 Å². The fourth-order valence-corrected chi connectivity index (χ4v) is 2.63. The Morgan fingerprint density at radius 1 is 1.31 bits per heavy atom. The Morgan fingerprint density at radius 3 is 2.65 bits per heavy atom. The van der Waals surface area contributed by atoms with Gasteiger partial charge in [-0.1, -0.05) is 12.1 Å². The molecule has 0 saturated carbocycles. The predicted octanol–water partition coefficient (Wildman–Crippen LogP) is 3.87. The van der Waals surface area contributed by atoms with Gasteiger partial charge >= 0.3 is 6.18 Å². The second-order valence-corrected chi connectivity index (χ2v) is 5.88. The molecule has 2 aromatic heterocycles. The zero-order chi connectivity index (χ0) is 19.3. The number of hydrogen-bond donors (Lipinski definition) is 1. The lowest BCUT2D eigenvalue weighted by molar-refractivity contribution is -0.140. The second-order valence-electron chi connectivity index (χ2n) is 5.07. The van der Waals surface area contributed by atoms with Crippen LogP contribution in [0.3, 0.4) is 0 Å². The standard InChI is InChI=1S/C9H9F4N.C7H4BrN3O/c1-14-5-6-3-2-4-7(8(6)10)9(11,12)13;8-6-1-5(3-12)2-7-9-4-10-11(6)7/h2-4,14H,5H2,1H3;1-4H. The quantitative estimate of drug-likeness (QED) is 0.387. The Morgan fingerprint density at radius 2 is 2.04 bits per heavy atom. The smallest absolute Gasteiger partial charge is 0.316 e. The number of rotatable bonds is 3. The van der Waals surface area contributed by atoms with Crippen molar-refractivity contribution in [2.75, 3.05) is 7.05 Å². The maximum atomic E-state index is 13.2. The van der Waals surface area contributed by atoms with Gasteiger partial charge in [-0.3, -0.25) is 4.79 Å². The minimum Gasteiger partial charge on any atom is -0.316 e. The van der Waals surface area contributed by atoms with Crippen molar-refractivity contribution in [3.8, 4) is 0 Å². The van der Waals surface area contributed by atoms with Crippen LogP contribution in [0.25, 0.3) is 5.65 Å². The van der Waals surface area contributed by atoms with Gasteiger partial charge in [-0.25, -0.2) is 13.9 Å². The van der Waals surface area contributed by atoms with Crippen molar-refractivity contribution in [2.24, 2.45) is 0 Å². The van der Waals surface area contributed by atoms with E-state index in [4.69, 9.17) is 0 Å². The van der Waals surface area contributed by atoms with E-state index in [2.05, 4.69) is 31.3 Å². The fourth-order valence-electron chi connectivity index (χ4n) is 2.10. The van der Waals surface area contributed by atoms with Gasteiger partial charge in [-0.15, -0.1) is 0 Å². The lowest BCUT2D eigenvalue weighted by Gasteiger charge is -2.10. The highest BCUT2D eigenvalue weighted by Crippen LogP contribution is 2.32. The van der Waals surface area contributed by atoms with Gasteiger partial charge in [0, 0.05) is 17.7 Å². The number of nitrogens with one attached hydrogen (secondary N) is 1. The number of alkyl halides is 3. The van der Waals surface area contributed by atoms with Crippen molar-refractivity contribution < 1.29 is 22.4 Å². The number of benzene rings is 1.